The molecule has 4 atom stereocenters. The standard InChI is InChI=1S/C41H30Br2N2O5/c42-29-16-14-26(15-17-29)34-38(45(48)49)40(47)20-6-11-33-35(40)36(37(50-33)28-13-12-25-9-4-5-10-27(25)21-28)41(34)31-22-30(43)18-19-32(31)44(39(41)46)23-24-7-2-1-3-8-24/h1-5,7-10,12-19,21-22,34,38,47H,6,11,20,23H2/t34-,38-,40+,41-/m1/s1. The van der Waals surface area contributed by atoms with E-state index in [9.17, 15) is 15.2 Å². The molecular formula is C41H30Br2N2O5. The number of fused-ring (bicyclic) bond motifs is 4. The van der Waals surface area contributed by atoms with Gasteiger partial charge in [0.15, 0.2) is 5.60 Å². The van der Waals surface area contributed by atoms with Crippen molar-refractivity contribution in [2.75, 3.05) is 4.90 Å². The fraction of sp³-hybridized carbons (Fsp3) is 0.195. The molecule has 50 heavy (non-hydrogen) atoms. The molecule has 0 saturated carbocycles. The van der Waals surface area contributed by atoms with E-state index in [4.69, 9.17) is 4.42 Å². The number of anilines is 1. The zero-order valence-corrected chi connectivity index (χ0v) is 29.9. The molecular weight excluding hydrogens is 760 g/mol. The molecule has 0 unspecified atom stereocenters. The molecule has 1 spiro atoms. The van der Waals surface area contributed by atoms with Crippen LogP contribution in [-0.4, -0.2) is 22.0 Å². The van der Waals surface area contributed by atoms with Gasteiger partial charge in [-0.05, 0) is 76.7 Å². The predicted octanol–water partition coefficient (Wildman–Crippen LogP) is 9.42. The molecule has 5 aromatic carbocycles. The molecule has 9 heteroatoms. The highest BCUT2D eigenvalue weighted by atomic mass is 79.9. The van der Waals surface area contributed by atoms with Crippen LogP contribution in [0.25, 0.3) is 22.1 Å². The van der Waals surface area contributed by atoms with E-state index in [0.717, 1.165) is 30.8 Å². The number of amides is 1. The molecule has 7 nitrogen and oxygen atoms in total. The summed E-state index contributed by atoms with van der Waals surface area (Å²) in [7, 11) is 0. The van der Waals surface area contributed by atoms with Crippen LogP contribution in [0.1, 0.15) is 52.3 Å². The first-order chi connectivity index (χ1) is 24.2. The van der Waals surface area contributed by atoms with Gasteiger partial charge in [0.05, 0.1) is 12.5 Å². The van der Waals surface area contributed by atoms with Crippen LogP contribution in [0.3, 0.4) is 0 Å². The highest BCUT2D eigenvalue weighted by Crippen LogP contribution is 2.66. The Labute approximate surface area is 305 Å². The van der Waals surface area contributed by atoms with Crippen LogP contribution in [0, 0.1) is 10.1 Å². The smallest absolute Gasteiger partial charge is 0.254 e. The predicted molar refractivity (Wildman–Crippen MR) is 199 cm³/mol. The third kappa shape index (κ3) is 4.39. The highest BCUT2D eigenvalue weighted by Gasteiger charge is 2.73. The van der Waals surface area contributed by atoms with Crippen molar-refractivity contribution < 1.29 is 19.2 Å². The van der Waals surface area contributed by atoms with Crippen molar-refractivity contribution in [2.24, 2.45) is 0 Å². The lowest BCUT2D eigenvalue weighted by molar-refractivity contribution is -0.556. The summed E-state index contributed by atoms with van der Waals surface area (Å²) in [6, 6.07) is 35.4. The minimum absolute atomic E-state index is 0.172. The van der Waals surface area contributed by atoms with Crippen LogP contribution in [0.15, 0.2) is 129 Å². The van der Waals surface area contributed by atoms with Gasteiger partial charge in [0.1, 0.15) is 16.9 Å². The van der Waals surface area contributed by atoms with Gasteiger partial charge in [-0.1, -0.05) is 111 Å². The van der Waals surface area contributed by atoms with Gasteiger partial charge < -0.3 is 14.4 Å². The minimum atomic E-state index is -1.88. The van der Waals surface area contributed by atoms with E-state index in [1.165, 1.54) is 0 Å². The Kier molecular flexibility index (Phi) is 7.21. The van der Waals surface area contributed by atoms with Crippen molar-refractivity contribution in [3.63, 3.8) is 0 Å². The fourth-order valence-electron chi connectivity index (χ4n) is 8.99. The molecule has 0 radical (unpaired) electrons. The Morgan fingerprint density at radius 3 is 2.34 bits per heavy atom. The largest absolute Gasteiger partial charge is 0.460 e. The zero-order valence-electron chi connectivity index (χ0n) is 26.7. The maximum absolute atomic E-state index is 15.9. The van der Waals surface area contributed by atoms with E-state index in [2.05, 4.69) is 31.9 Å². The van der Waals surface area contributed by atoms with Gasteiger partial charge in [-0.3, -0.25) is 14.9 Å². The molecule has 1 N–H and O–H groups in total. The minimum Gasteiger partial charge on any atom is -0.460 e. The van der Waals surface area contributed by atoms with Gasteiger partial charge in [0, 0.05) is 42.7 Å². The molecule has 1 aliphatic heterocycles. The Morgan fingerprint density at radius 2 is 1.58 bits per heavy atom. The lowest BCUT2D eigenvalue weighted by atomic mass is 9.51. The molecule has 6 aromatic rings. The molecule has 1 amide bonds. The number of hydrogen-bond acceptors (Lipinski definition) is 5. The number of aryl methyl sites for hydroxylation is 1. The van der Waals surface area contributed by atoms with Gasteiger partial charge in [-0.25, -0.2) is 0 Å². The van der Waals surface area contributed by atoms with E-state index in [0.29, 0.717) is 52.3 Å². The monoisotopic (exact) mass is 788 g/mol. The first-order valence-corrected chi connectivity index (χ1v) is 18.2. The van der Waals surface area contributed by atoms with E-state index >= 15 is 4.79 Å². The summed E-state index contributed by atoms with van der Waals surface area (Å²) in [5, 5.41) is 28.6. The molecule has 0 saturated heterocycles. The lowest BCUT2D eigenvalue weighted by Gasteiger charge is -2.49. The fourth-order valence-corrected chi connectivity index (χ4v) is 9.62. The first-order valence-electron chi connectivity index (χ1n) is 16.6. The number of rotatable bonds is 5. The number of carbonyl (C=O) groups is 1. The van der Waals surface area contributed by atoms with Gasteiger partial charge in [-0.15, -0.1) is 0 Å². The Morgan fingerprint density at radius 1 is 0.860 bits per heavy atom. The van der Waals surface area contributed by atoms with Crippen molar-refractivity contribution in [2.45, 2.75) is 48.8 Å². The van der Waals surface area contributed by atoms with Gasteiger partial charge >= 0.3 is 0 Å². The highest BCUT2D eigenvalue weighted by molar-refractivity contribution is 9.10. The Bertz CT molecular complexity index is 2360. The topological polar surface area (TPSA) is 96.8 Å². The van der Waals surface area contributed by atoms with Crippen LogP contribution in [0.5, 0.6) is 0 Å². The molecule has 9 rings (SSSR count). The van der Waals surface area contributed by atoms with Gasteiger partial charge in [0.2, 0.25) is 5.91 Å². The van der Waals surface area contributed by atoms with Gasteiger partial charge in [0.25, 0.3) is 6.04 Å². The SMILES string of the molecule is O=C1N(Cc2ccccc2)c2ccc(Br)cc2[C@@]12c1c(-c3ccc4ccccc4c3)oc3c1[C@@](O)(CCC3)[C@H]([N+](=O)[O-])[C@H]2c1ccc(Br)cc1. The van der Waals surface area contributed by atoms with Crippen LogP contribution in [0.2, 0.25) is 0 Å². The quantitative estimate of drug-likeness (QED) is 0.139. The summed E-state index contributed by atoms with van der Waals surface area (Å²) in [6.07, 6.45) is 1.18. The average molecular weight is 791 g/mol. The molecule has 2 aliphatic carbocycles. The number of carbonyl (C=O) groups excluding carboxylic acids is 1. The normalized spacial score (nSPS) is 23.7. The third-order valence-electron chi connectivity index (χ3n) is 10.9. The van der Waals surface area contributed by atoms with Crippen LogP contribution >= 0.6 is 31.9 Å². The molecule has 1 aromatic heterocycles. The second kappa shape index (κ2) is 11.5. The van der Waals surface area contributed by atoms with Gasteiger partial charge in [-0.2, -0.15) is 0 Å². The molecule has 248 valence electrons. The number of halogens is 2. The number of furan rings is 1. The first kappa shape index (κ1) is 31.4. The van der Waals surface area contributed by atoms with E-state index in [-0.39, 0.29) is 23.8 Å². The lowest BCUT2D eigenvalue weighted by Crippen LogP contribution is -2.62. The third-order valence-corrected chi connectivity index (χ3v) is 12.0. The second-order valence-electron chi connectivity index (χ2n) is 13.5. The van der Waals surface area contributed by atoms with Crippen LogP contribution in [-0.2, 0) is 28.8 Å². The molecule has 0 fully saturated rings. The number of hydrogen-bond donors (Lipinski definition) is 1. The number of nitro groups is 1. The average Bonchev–Trinajstić information content (AvgIpc) is 3.62. The molecule has 0 bridgehead atoms. The summed E-state index contributed by atoms with van der Waals surface area (Å²) in [4.78, 5) is 30.9. The second-order valence-corrected chi connectivity index (χ2v) is 15.4. The number of aliphatic hydroxyl groups is 1. The summed E-state index contributed by atoms with van der Waals surface area (Å²) < 4.78 is 8.37. The van der Waals surface area contributed by atoms with Crippen molar-refractivity contribution in [3.8, 4) is 11.3 Å². The molecule has 3 aliphatic rings. The van der Waals surface area contributed by atoms with Crippen molar-refractivity contribution in [3.05, 3.63) is 168 Å². The van der Waals surface area contributed by atoms with Crippen molar-refractivity contribution in [1.29, 1.82) is 0 Å². The maximum atomic E-state index is 15.9. The number of nitrogens with zero attached hydrogens (tertiary/aromatic N) is 2. The Balaban J connectivity index is 1.44. The van der Waals surface area contributed by atoms with Crippen LogP contribution in [0.4, 0.5) is 5.69 Å². The summed E-state index contributed by atoms with van der Waals surface area (Å²) in [5.41, 5.74) is 0.988. The summed E-state index contributed by atoms with van der Waals surface area (Å²) in [5.74, 6) is -0.409. The van der Waals surface area contributed by atoms with Crippen molar-refractivity contribution >= 4 is 54.2 Å². The zero-order chi connectivity index (χ0) is 34.4. The van der Waals surface area contributed by atoms with E-state index in [1.54, 1.807) is 4.90 Å². The van der Waals surface area contributed by atoms with Crippen molar-refractivity contribution in [1.82, 2.24) is 0 Å². The maximum Gasteiger partial charge on any atom is 0.254 e. The summed E-state index contributed by atoms with van der Waals surface area (Å²) >= 11 is 7.23. The molecule has 2 heterocycles. The van der Waals surface area contributed by atoms with E-state index < -0.39 is 23.0 Å². The summed E-state index contributed by atoms with van der Waals surface area (Å²) in [6.45, 7) is 0.266. The Hall–Kier alpha value is -4.57. The van der Waals surface area contributed by atoms with E-state index in [1.807, 2.05) is 115 Å². The van der Waals surface area contributed by atoms with Crippen LogP contribution < -0.4 is 4.90 Å². The number of benzene rings is 5.